The Morgan fingerprint density at radius 1 is 1.03 bits per heavy atom. The lowest BCUT2D eigenvalue weighted by atomic mass is 10.1. The van der Waals surface area contributed by atoms with Crippen molar-refractivity contribution in [2.24, 2.45) is 0 Å². The molecule has 0 radical (unpaired) electrons. The number of ketones is 1. The van der Waals surface area contributed by atoms with E-state index in [1.165, 1.54) is 25.6 Å². The van der Waals surface area contributed by atoms with Crippen LogP contribution in [0.2, 0.25) is 0 Å². The number of rotatable bonds is 8. The Morgan fingerprint density at radius 2 is 1.69 bits per heavy atom. The number of aryl methyl sites for hydroxylation is 1. The Morgan fingerprint density at radius 3 is 2.24 bits per heavy atom. The number of thioether (sulfide) groups is 1. The van der Waals surface area contributed by atoms with Crippen LogP contribution in [-0.2, 0) is 14.3 Å². The maximum atomic E-state index is 12.2. The number of furan rings is 1. The van der Waals surface area contributed by atoms with Crippen LogP contribution in [0.4, 0.5) is 5.88 Å². The molecule has 0 aliphatic rings. The van der Waals surface area contributed by atoms with Gasteiger partial charge in [-0.1, -0.05) is 0 Å². The molecular formula is C20H21NO7S. The molecule has 1 aromatic heterocycles. The first-order valence-corrected chi connectivity index (χ1v) is 9.93. The van der Waals surface area contributed by atoms with Crippen molar-refractivity contribution in [3.8, 4) is 0 Å². The van der Waals surface area contributed by atoms with Crippen LogP contribution in [0, 0.1) is 6.92 Å². The summed E-state index contributed by atoms with van der Waals surface area (Å²) in [5.41, 5.74) is 0.171. The van der Waals surface area contributed by atoms with Crippen LogP contribution in [-0.4, -0.2) is 43.1 Å². The fourth-order valence-electron chi connectivity index (χ4n) is 2.56. The number of carbonyl (C=O) groups is 4. The first-order chi connectivity index (χ1) is 13.8. The molecule has 29 heavy (non-hydrogen) atoms. The number of Topliss-reactive ketones (excluding diaryl/α,β-unsaturated/α-hetero) is 1. The summed E-state index contributed by atoms with van der Waals surface area (Å²) < 4.78 is 15.3. The number of benzene rings is 1. The lowest BCUT2D eigenvalue weighted by Gasteiger charge is -2.07. The van der Waals surface area contributed by atoms with Crippen molar-refractivity contribution in [3.05, 3.63) is 46.7 Å². The number of hydrogen-bond donors (Lipinski definition) is 1. The smallest absolute Gasteiger partial charge is 0.344 e. The summed E-state index contributed by atoms with van der Waals surface area (Å²) >= 11 is 1.53. The molecule has 0 aliphatic carbocycles. The molecule has 0 saturated carbocycles. The van der Waals surface area contributed by atoms with Crippen LogP contribution in [0.3, 0.4) is 0 Å². The minimum atomic E-state index is -0.796. The van der Waals surface area contributed by atoms with Crippen molar-refractivity contribution in [1.29, 1.82) is 0 Å². The maximum Gasteiger partial charge on any atom is 0.344 e. The second-order valence-electron chi connectivity index (χ2n) is 5.87. The monoisotopic (exact) mass is 419 g/mol. The maximum absolute atomic E-state index is 12.2. The number of anilines is 1. The Balaban J connectivity index is 2.09. The highest BCUT2D eigenvalue weighted by Gasteiger charge is 2.28. The number of hydrogen-bond acceptors (Lipinski definition) is 8. The van der Waals surface area contributed by atoms with Crippen molar-refractivity contribution in [2.45, 2.75) is 25.7 Å². The first-order valence-electron chi connectivity index (χ1n) is 8.70. The predicted molar refractivity (Wildman–Crippen MR) is 107 cm³/mol. The van der Waals surface area contributed by atoms with Crippen LogP contribution in [0.25, 0.3) is 0 Å². The van der Waals surface area contributed by atoms with Gasteiger partial charge in [0.2, 0.25) is 5.88 Å². The van der Waals surface area contributed by atoms with Gasteiger partial charge in [0, 0.05) is 4.90 Å². The number of amides is 1. The third kappa shape index (κ3) is 5.47. The lowest BCUT2D eigenvalue weighted by Crippen LogP contribution is -2.22. The van der Waals surface area contributed by atoms with E-state index in [-0.39, 0.29) is 29.4 Å². The first kappa shape index (κ1) is 22.2. The van der Waals surface area contributed by atoms with E-state index in [2.05, 4.69) is 5.32 Å². The highest BCUT2D eigenvalue weighted by Crippen LogP contribution is 2.28. The Bertz CT molecular complexity index is 931. The topological polar surface area (TPSA) is 112 Å². The van der Waals surface area contributed by atoms with E-state index in [4.69, 9.17) is 13.9 Å². The standard InChI is InChI=1S/C20H21NO7S/c1-5-26-20(25)17-16(11(2)22)12(3)28-18(17)21-15(23)10-27-19(24)13-6-8-14(29-4)9-7-13/h6-9H,5,10H2,1-4H3,(H,21,23). The quantitative estimate of drug-likeness (QED) is 0.393. The van der Waals surface area contributed by atoms with Crippen LogP contribution in [0.5, 0.6) is 0 Å². The van der Waals surface area contributed by atoms with Crippen LogP contribution in [0.1, 0.15) is 50.7 Å². The summed E-state index contributed by atoms with van der Waals surface area (Å²) in [6.45, 7) is 3.87. The van der Waals surface area contributed by atoms with Gasteiger partial charge in [0.25, 0.3) is 5.91 Å². The molecule has 0 unspecified atom stereocenters. The zero-order valence-corrected chi connectivity index (χ0v) is 17.3. The summed E-state index contributed by atoms with van der Waals surface area (Å²) in [4.78, 5) is 49.3. The van der Waals surface area contributed by atoms with E-state index in [1.54, 1.807) is 31.2 Å². The molecule has 2 rings (SSSR count). The van der Waals surface area contributed by atoms with Gasteiger partial charge in [-0.3, -0.25) is 14.9 Å². The third-order valence-corrected chi connectivity index (χ3v) is 4.57. The SMILES string of the molecule is CCOC(=O)c1c(NC(=O)COC(=O)c2ccc(SC)cc2)oc(C)c1C(C)=O. The summed E-state index contributed by atoms with van der Waals surface area (Å²) in [6, 6.07) is 6.73. The molecule has 0 spiro atoms. The molecule has 154 valence electrons. The number of esters is 2. The zero-order valence-electron chi connectivity index (χ0n) is 16.5. The molecule has 1 N–H and O–H groups in total. The molecule has 0 atom stereocenters. The summed E-state index contributed by atoms with van der Waals surface area (Å²) in [6.07, 6.45) is 1.91. The van der Waals surface area contributed by atoms with Crippen LogP contribution >= 0.6 is 11.8 Å². The zero-order chi connectivity index (χ0) is 21.6. The van der Waals surface area contributed by atoms with Gasteiger partial charge < -0.3 is 13.9 Å². The average Bonchev–Trinajstić information content (AvgIpc) is 3.02. The largest absolute Gasteiger partial charge is 0.462 e. The van der Waals surface area contributed by atoms with E-state index in [0.717, 1.165) is 4.90 Å². The predicted octanol–water partition coefficient (Wildman–Crippen LogP) is 3.48. The van der Waals surface area contributed by atoms with Crippen molar-refractivity contribution in [2.75, 3.05) is 24.8 Å². The molecule has 1 aromatic carbocycles. The van der Waals surface area contributed by atoms with Gasteiger partial charge in [-0.15, -0.1) is 11.8 Å². The van der Waals surface area contributed by atoms with E-state index in [1.807, 2.05) is 6.26 Å². The third-order valence-electron chi connectivity index (χ3n) is 3.83. The minimum Gasteiger partial charge on any atom is -0.462 e. The van der Waals surface area contributed by atoms with Gasteiger partial charge >= 0.3 is 11.9 Å². The van der Waals surface area contributed by atoms with E-state index in [9.17, 15) is 19.2 Å². The fraction of sp³-hybridized carbons (Fsp3) is 0.300. The molecule has 0 aliphatic heterocycles. The van der Waals surface area contributed by atoms with Crippen molar-refractivity contribution in [3.63, 3.8) is 0 Å². The molecular weight excluding hydrogens is 398 g/mol. The molecule has 9 heteroatoms. The van der Waals surface area contributed by atoms with Gasteiger partial charge in [-0.2, -0.15) is 0 Å². The molecule has 0 bridgehead atoms. The van der Waals surface area contributed by atoms with Gasteiger partial charge in [-0.05, 0) is 51.3 Å². The molecule has 0 fully saturated rings. The molecule has 1 heterocycles. The summed E-state index contributed by atoms with van der Waals surface area (Å²) in [5, 5.41) is 2.35. The summed E-state index contributed by atoms with van der Waals surface area (Å²) in [7, 11) is 0. The molecule has 0 saturated heterocycles. The second kappa shape index (κ2) is 9.92. The second-order valence-corrected chi connectivity index (χ2v) is 6.75. The van der Waals surface area contributed by atoms with E-state index >= 15 is 0 Å². The van der Waals surface area contributed by atoms with Crippen LogP contribution in [0.15, 0.2) is 33.6 Å². The van der Waals surface area contributed by atoms with Crippen molar-refractivity contribution < 1.29 is 33.1 Å². The van der Waals surface area contributed by atoms with Crippen LogP contribution < -0.4 is 5.32 Å². The van der Waals surface area contributed by atoms with Gasteiger partial charge in [0.1, 0.15) is 11.3 Å². The Hall–Kier alpha value is -3.07. The Labute approximate surface area is 171 Å². The van der Waals surface area contributed by atoms with E-state index in [0.29, 0.717) is 5.56 Å². The number of ether oxygens (including phenoxy) is 2. The average molecular weight is 419 g/mol. The van der Waals surface area contributed by atoms with Gasteiger partial charge in [0.05, 0.1) is 17.7 Å². The fourth-order valence-corrected chi connectivity index (χ4v) is 2.97. The van der Waals surface area contributed by atoms with Crippen molar-refractivity contribution >= 4 is 41.3 Å². The van der Waals surface area contributed by atoms with E-state index < -0.39 is 30.2 Å². The minimum absolute atomic E-state index is 0.0321. The van der Waals surface area contributed by atoms with Crippen molar-refractivity contribution in [1.82, 2.24) is 0 Å². The summed E-state index contributed by atoms with van der Waals surface area (Å²) in [5.74, 6) is -2.66. The highest BCUT2D eigenvalue weighted by molar-refractivity contribution is 7.98. The van der Waals surface area contributed by atoms with Gasteiger partial charge in [-0.25, -0.2) is 9.59 Å². The molecule has 2 aromatic rings. The number of carbonyl (C=O) groups excluding carboxylic acids is 4. The number of nitrogens with one attached hydrogen (secondary N) is 1. The Kier molecular flexibility index (Phi) is 7.60. The van der Waals surface area contributed by atoms with Gasteiger partial charge in [0.15, 0.2) is 12.4 Å². The lowest BCUT2D eigenvalue weighted by molar-refractivity contribution is -0.119. The molecule has 1 amide bonds. The highest BCUT2D eigenvalue weighted by atomic mass is 32.2. The normalized spacial score (nSPS) is 10.3. The molecule has 8 nitrogen and oxygen atoms in total.